The molecule has 1 aromatic rings. The SMILES string of the molecule is CC1CC(C(=O)NCc2ccccc2CC(=O)O)CCN1. The molecule has 2 unspecified atom stereocenters. The lowest BCUT2D eigenvalue weighted by atomic mass is 9.92. The number of carboxylic acids is 1. The van der Waals surface area contributed by atoms with Gasteiger partial charge in [-0.3, -0.25) is 9.59 Å². The molecule has 3 N–H and O–H groups in total. The molecule has 0 aromatic heterocycles. The number of amides is 1. The average molecular weight is 290 g/mol. The lowest BCUT2D eigenvalue weighted by Gasteiger charge is -2.27. The predicted molar refractivity (Wildman–Crippen MR) is 79.8 cm³/mol. The van der Waals surface area contributed by atoms with E-state index in [4.69, 9.17) is 5.11 Å². The third-order valence-electron chi connectivity index (χ3n) is 3.91. The number of nitrogens with one attached hydrogen (secondary N) is 2. The molecule has 2 rings (SSSR count). The van der Waals surface area contributed by atoms with Crippen LogP contribution in [-0.2, 0) is 22.6 Å². The molecule has 1 aromatic carbocycles. The van der Waals surface area contributed by atoms with Crippen LogP contribution in [0.2, 0.25) is 0 Å². The fraction of sp³-hybridized carbons (Fsp3) is 0.500. The molecule has 1 saturated heterocycles. The number of carbonyl (C=O) groups is 2. The molecular formula is C16H22N2O3. The van der Waals surface area contributed by atoms with E-state index in [1.807, 2.05) is 18.2 Å². The Labute approximate surface area is 124 Å². The molecule has 5 heteroatoms. The summed E-state index contributed by atoms with van der Waals surface area (Å²) in [6.45, 7) is 3.34. The van der Waals surface area contributed by atoms with Gasteiger partial charge in [0.1, 0.15) is 0 Å². The largest absolute Gasteiger partial charge is 0.481 e. The van der Waals surface area contributed by atoms with Crippen LogP contribution in [0.15, 0.2) is 24.3 Å². The van der Waals surface area contributed by atoms with Gasteiger partial charge in [0, 0.05) is 18.5 Å². The Hall–Kier alpha value is -1.88. The molecule has 1 fully saturated rings. The van der Waals surface area contributed by atoms with Gasteiger partial charge in [0.15, 0.2) is 0 Å². The molecule has 5 nitrogen and oxygen atoms in total. The van der Waals surface area contributed by atoms with Crippen LogP contribution in [0.5, 0.6) is 0 Å². The van der Waals surface area contributed by atoms with Crippen molar-refractivity contribution >= 4 is 11.9 Å². The summed E-state index contributed by atoms with van der Waals surface area (Å²) in [5.74, 6) is -0.748. The van der Waals surface area contributed by atoms with Crippen LogP contribution >= 0.6 is 0 Å². The van der Waals surface area contributed by atoms with E-state index in [-0.39, 0.29) is 18.2 Å². The number of rotatable bonds is 5. The normalized spacial score (nSPS) is 21.8. The zero-order valence-corrected chi connectivity index (χ0v) is 12.3. The van der Waals surface area contributed by atoms with Crippen molar-refractivity contribution in [1.29, 1.82) is 0 Å². The lowest BCUT2D eigenvalue weighted by Crippen LogP contribution is -2.42. The maximum atomic E-state index is 12.2. The van der Waals surface area contributed by atoms with Crippen LogP contribution in [0, 0.1) is 5.92 Å². The van der Waals surface area contributed by atoms with Gasteiger partial charge < -0.3 is 15.7 Å². The second kappa shape index (κ2) is 7.22. The van der Waals surface area contributed by atoms with Crippen molar-refractivity contribution in [3.8, 4) is 0 Å². The van der Waals surface area contributed by atoms with Gasteiger partial charge in [0.2, 0.25) is 5.91 Å². The number of hydrogen-bond acceptors (Lipinski definition) is 3. The highest BCUT2D eigenvalue weighted by molar-refractivity contribution is 5.79. The van der Waals surface area contributed by atoms with Crippen LogP contribution in [0.4, 0.5) is 0 Å². The highest BCUT2D eigenvalue weighted by Gasteiger charge is 2.24. The van der Waals surface area contributed by atoms with Crippen molar-refractivity contribution < 1.29 is 14.7 Å². The first-order chi connectivity index (χ1) is 10.1. The molecule has 0 aliphatic carbocycles. The number of hydrogen-bond donors (Lipinski definition) is 3. The summed E-state index contributed by atoms with van der Waals surface area (Å²) in [7, 11) is 0. The predicted octanol–water partition coefficient (Wildman–Crippen LogP) is 1.32. The molecule has 1 amide bonds. The molecule has 0 saturated carbocycles. The summed E-state index contributed by atoms with van der Waals surface area (Å²) in [6.07, 6.45) is 1.69. The first-order valence-corrected chi connectivity index (χ1v) is 7.36. The molecule has 1 heterocycles. The third kappa shape index (κ3) is 4.56. The Morgan fingerprint density at radius 2 is 2.05 bits per heavy atom. The minimum atomic E-state index is -0.860. The Morgan fingerprint density at radius 1 is 1.33 bits per heavy atom. The van der Waals surface area contributed by atoms with Gasteiger partial charge in [0.25, 0.3) is 0 Å². The maximum absolute atomic E-state index is 12.2. The fourth-order valence-corrected chi connectivity index (χ4v) is 2.76. The van der Waals surface area contributed by atoms with E-state index < -0.39 is 5.97 Å². The highest BCUT2D eigenvalue weighted by Crippen LogP contribution is 2.16. The minimum Gasteiger partial charge on any atom is -0.481 e. The van der Waals surface area contributed by atoms with Crippen LogP contribution in [0.3, 0.4) is 0 Å². The molecule has 21 heavy (non-hydrogen) atoms. The minimum absolute atomic E-state index is 0.0174. The number of aliphatic carboxylic acids is 1. The van der Waals surface area contributed by atoms with Crippen LogP contribution in [-0.4, -0.2) is 29.6 Å². The quantitative estimate of drug-likeness (QED) is 0.764. The van der Waals surface area contributed by atoms with Gasteiger partial charge >= 0.3 is 5.97 Å². The van der Waals surface area contributed by atoms with Gasteiger partial charge in [-0.2, -0.15) is 0 Å². The Bertz CT molecular complexity index is 516. The van der Waals surface area contributed by atoms with Crippen molar-refractivity contribution in [3.05, 3.63) is 35.4 Å². The Morgan fingerprint density at radius 3 is 2.71 bits per heavy atom. The van der Waals surface area contributed by atoms with E-state index in [0.717, 1.165) is 30.5 Å². The van der Waals surface area contributed by atoms with E-state index in [0.29, 0.717) is 12.6 Å². The number of piperidine rings is 1. The number of benzene rings is 1. The molecule has 114 valence electrons. The molecule has 0 spiro atoms. The van der Waals surface area contributed by atoms with Crippen molar-refractivity contribution in [2.24, 2.45) is 5.92 Å². The van der Waals surface area contributed by atoms with E-state index in [9.17, 15) is 9.59 Å². The van der Waals surface area contributed by atoms with Crippen molar-refractivity contribution in [2.45, 2.75) is 38.8 Å². The van der Waals surface area contributed by atoms with Crippen LogP contribution < -0.4 is 10.6 Å². The summed E-state index contributed by atoms with van der Waals surface area (Å²) in [5, 5.41) is 15.2. The van der Waals surface area contributed by atoms with Gasteiger partial charge in [-0.25, -0.2) is 0 Å². The van der Waals surface area contributed by atoms with Gasteiger partial charge in [-0.05, 0) is 37.4 Å². The van der Waals surface area contributed by atoms with Gasteiger partial charge in [-0.1, -0.05) is 24.3 Å². The van der Waals surface area contributed by atoms with E-state index >= 15 is 0 Å². The molecule has 2 atom stereocenters. The first-order valence-electron chi connectivity index (χ1n) is 7.36. The Kier molecular flexibility index (Phi) is 5.33. The third-order valence-corrected chi connectivity index (χ3v) is 3.91. The van der Waals surface area contributed by atoms with Crippen molar-refractivity contribution in [1.82, 2.24) is 10.6 Å². The summed E-state index contributed by atoms with van der Waals surface area (Å²) in [6, 6.07) is 7.71. The number of carboxylic acid groups (broad SMARTS) is 1. The zero-order chi connectivity index (χ0) is 15.2. The average Bonchev–Trinajstić information content (AvgIpc) is 2.45. The van der Waals surface area contributed by atoms with Crippen LogP contribution in [0.1, 0.15) is 30.9 Å². The zero-order valence-electron chi connectivity index (χ0n) is 12.3. The smallest absolute Gasteiger partial charge is 0.307 e. The topological polar surface area (TPSA) is 78.4 Å². The molecule has 0 radical (unpaired) electrons. The van der Waals surface area contributed by atoms with Gasteiger partial charge in [0.05, 0.1) is 6.42 Å². The fourth-order valence-electron chi connectivity index (χ4n) is 2.76. The summed E-state index contributed by atoms with van der Waals surface area (Å²) in [5.41, 5.74) is 1.62. The lowest BCUT2D eigenvalue weighted by molar-refractivity contribution is -0.136. The Balaban J connectivity index is 1.93. The maximum Gasteiger partial charge on any atom is 0.307 e. The summed E-state index contributed by atoms with van der Waals surface area (Å²) < 4.78 is 0. The van der Waals surface area contributed by atoms with Crippen LogP contribution in [0.25, 0.3) is 0 Å². The highest BCUT2D eigenvalue weighted by atomic mass is 16.4. The monoisotopic (exact) mass is 290 g/mol. The molecular weight excluding hydrogens is 268 g/mol. The standard InChI is InChI=1S/C16H22N2O3/c1-11-8-13(6-7-17-11)16(21)18-10-14-5-3-2-4-12(14)9-15(19)20/h2-5,11,13,17H,6-10H2,1H3,(H,18,21)(H,19,20). The van der Waals surface area contributed by atoms with Crippen molar-refractivity contribution in [2.75, 3.05) is 6.54 Å². The van der Waals surface area contributed by atoms with E-state index in [1.54, 1.807) is 6.07 Å². The van der Waals surface area contributed by atoms with Gasteiger partial charge in [-0.15, -0.1) is 0 Å². The molecule has 1 aliphatic heterocycles. The molecule has 0 bridgehead atoms. The summed E-state index contributed by atoms with van der Waals surface area (Å²) in [4.78, 5) is 23.0. The number of carbonyl (C=O) groups excluding carboxylic acids is 1. The first kappa shape index (κ1) is 15.5. The second-order valence-corrected chi connectivity index (χ2v) is 5.63. The summed E-state index contributed by atoms with van der Waals surface area (Å²) >= 11 is 0. The van der Waals surface area contributed by atoms with Crippen molar-refractivity contribution in [3.63, 3.8) is 0 Å². The molecule has 1 aliphatic rings. The van der Waals surface area contributed by atoms with E-state index in [1.165, 1.54) is 0 Å². The van der Waals surface area contributed by atoms with E-state index in [2.05, 4.69) is 17.6 Å². The second-order valence-electron chi connectivity index (χ2n) is 5.63.